The minimum absolute atomic E-state index is 0.0310. The Morgan fingerprint density at radius 1 is 0.957 bits per heavy atom. The smallest absolute Gasteiger partial charge is 0.254 e. The summed E-state index contributed by atoms with van der Waals surface area (Å²) in [7, 11) is 0. The van der Waals surface area contributed by atoms with Gasteiger partial charge < -0.3 is 4.90 Å². The standard InChI is InChI=1S/C17H19N3O3/c21-15-3-4-16(22)20(15)14-9-12-1-2-13(10-14)19(12)17(23)11-5-7-18-8-6-11/h5-8,12-14H,1-4,9-10H2. The Morgan fingerprint density at radius 3 is 2.09 bits per heavy atom. The van der Waals surface area contributed by atoms with E-state index in [4.69, 9.17) is 0 Å². The summed E-state index contributed by atoms with van der Waals surface area (Å²) in [6.45, 7) is 0. The minimum Gasteiger partial charge on any atom is -0.333 e. The molecule has 0 saturated carbocycles. The number of rotatable bonds is 2. The van der Waals surface area contributed by atoms with Gasteiger partial charge in [-0.05, 0) is 37.8 Å². The summed E-state index contributed by atoms with van der Waals surface area (Å²) in [5.74, 6) is -0.0564. The Balaban J connectivity index is 1.53. The van der Waals surface area contributed by atoms with Crippen molar-refractivity contribution >= 4 is 17.7 Å². The van der Waals surface area contributed by atoms with Gasteiger partial charge in [0.15, 0.2) is 0 Å². The van der Waals surface area contributed by atoms with Crippen molar-refractivity contribution in [2.75, 3.05) is 0 Å². The van der Waals surface area contributed by atoms with E-state index in [0.717, 1.165) is 12.8 Å². The van der Waals surface area contributed by atoms with Crippen LogP contribution in [-0.2, 0) is 9.59 Å². The van der Waals surface area contributed by atoms with Gasteiger partial charge in [0.1, 0.15) is 0 Å². The van der Waals surface area contributed by atoms with Crippen LogP contribution >= 0.6 is 0 Å². The third-order valence-corrected chi connectivity index (χ3v) is 5.33. The molecule has 4 heterocycles. The molecule has 0 spiro atoms. The Morgan fingerprint density at radius 2 is 1.52 bits per heavy atom. The zero-order valence-electron chi connectivity index (χ0n) is 12.9. The largest absolute Gasteiger partial charge is 0.333 e. The monoisotopic (exact) mass is 313 g/mol. The highest BCUT2D eigenvalue weighted by Gasteiger charge is 2.47. The average molecular weight is 313 g/mol. The molecular formula is C17H19N3O3. The lowest BCUT2D eigenvalue weighted by Gasteiger charge is -2.41. The van der Waals surface area contributed by atoms with Gasteiger partial charge in [-0.25, -0.2) is 0 Å². The van der Waals surface area contributed by atoms with E-state index in [1.165, 1.54) is 4.90 Å². The van der Waals surface area contributed by atoms with Crippen LogP contribution in [0.3, 0.4) is 0 Å². The normalized spacial score (nSPS) is 30.2. The summed E-state index contributed by atoms with van der Waals surface area (Å²) >= 11 is 0. The first-order valence-corrected chi connectivity index (χ1v) is 8.22. The van der Waals surface area contributed by atoms with E-state index in [9.17, 15) is 14.4 Å². The first-order valence-electron chi connectivity index (χ1n) is 8.22. The van der Waals surface area contributed by atoms with Gasteiger partial charge in [-0.15, -0.1) is 0 Å². The molecule has 0 aromatic carbocycles. The topological polar surface area (TPSA) is 70.6 Å². The van der Waals surface area contributed by atoms with Crippen molar-refractivity contribution in [2.45, 2.75) is 56.7 Å². The average Bonchev–Trinajstić information content (AvgIpc) is 3.03. The molecular weight excluding hydrogens is 294 g/mol. The molecule has 23 heavy (non-hydrogen) atoms. The molecule has 3 aliphatic rings. The summed E-state index contributed by atoms with van der Waals surface area (Å²) < 4.78 is 0. The number of piperidine rings is 1. The molecule has 0 radical (unpaired) electrons. The SMILES string of the molecule is O=C1CCC(=O)N1C1CC2CCC(C1)N2C(=O)c1ccncc1. The van der Waals surface area contributed by atoms with Crippen molar-refractivity contribution < 1.29 is 14.4 Å². The van der Waals surface area contributed by atoms with Gasteiger partial charge in [0.05, 0.1) is 0 Å². The summed E-state index contributed by atoms with van der Waals surface area (Å²) in [5.41, 5.74) is 0.656. The first kappa shape index (κ1) is 14.4. The van der Waals surface area contributed by atoms with Gasteiger partial charge in [-0.1, -0.05) is 0 Å². The molecule has 6 heteroatoms. The maximum Gasteiger partial charge on any atom is 0.254 e. The molecule has 6 nitrogen and oxygen atoms in total. The number of hydrogen-bond acceptors (Lipinski definition) is 4. The van der Waals surface area contributed by atoms with Crippen LogP contribution in [0.25, 0.3) is 0 Å². The number of aromatic nitrogens is 1. The number of likely N-dealkylation sites (tertiary alicyclic amines) is 1. The Labute approximate surface area is 134 Å². The van der Waals surface area contributed by atoms with Crippen molar-refractivity contribution in [1.82, 2.24) is 14.8 Å². The molecule has 120 valence electrons. The second-order valence-electron chi connectivity index (χ2n) is 6.62. The van der Waals surface area contributed by atoms with E-state index in [1.807, 2.05) is 4.90 Å². The van der Waals surface area contributed by atoms with E-state index >= 15 is 0 Å². The molecule has 1 aromatic heterocycles. The molecule has 2 bridgehead atoms. The lowest BCUT2D eigenvalue weighted by molar-refractivity contribution is -0.142. The number of imide groups is 1. The zero-order valence-corrected chi connectivity index (χ0v) is 12.9. The van der Waals surface area contributed by atoms with Crippen LogP contribution in [0.4, 0.5) is 0 Å². The van der Waals surface area contributed by atoms with Gasteiger partial charge in [0, 0.05) is 48.9 Å². The van der Waals surface area contributed by atoms with Crippen LogP contribution < -0.4 is 0 Å². The van der Waals surface area contributed by atoms with Crippen molar-refractivity contribution in [2.24, 2.45) is 0 Å². The minimum atomic E-state index is -0.0479. The van der Waals surface area contributed by atoms with Crippen molar-refractivity contribution in [3.63, 3.8) is 0 Å². The Kier molecular flexibility index (Phi) is 3.39. The van der Waals surface area contributed by atoms with Crippen molar-refractivity contribution in [3.8, 4) is 0 Å². The third-order valence-electron chi connectivity index (χ3n) is 5.33. The number of carbonyl (C=O) groups is 3. The maximum absolute atomic E-state index is 12.8. The number of carbonyl (C=O) groups excluding carboxylic acids is 3. The second kappa shape index (κ2) is 5.44. The van der Waals surface area contributed by atoms with Crippen LogP contribution in [0.15, 0.2) is 24.5 Å². The molecule has 3 aliphatic heterocycles. The lowest BCUT2D eigenvalue weighted by atomic mass is 9.95. The van der Waals surface area contributed by atoms with Crippen LogP contribution in [0.5, 0.6) is 0 Å². The summed E-state index contributed by atoms with van der Waals surface area (Å²) in [6.07, 6.45) is 7.26. The van der Waals surface area contributed by atoms with Crippen LogP contribution in [0, 0.1) is 0 Å². The van der Waals surface area contributed by atoms with E-state index in [2.05, 4.69) is 4.98 Å². The fraction of sp³-hybridized carbons (Fsp3) is 0.529. The molecule has 3 amide bonds. The maximum atomic E-state index is 12.8. The fourth-order valence-electron chi connectivity index (χ4n) is 4.34. The number of fused-ring (bicyclic) bond motifs is 2. The molecule has 1 aromatic rings. The molecule has 4 rings (SSSR count). The first-order chi connectivity index (χ1) is 11.1. The van der Waals surface area contributed by atoms with Crippen LogP contribution in [-0.4, -0.2) is 50.6 Å². The Bertz CT molecular complexity index is 630. The predicted octanol–water partition coefficient (Wildman–Crippen LogP) is 1.37. The number of nitrogens with zero attached hydrogens (tertiary/aromatic N) is 3. The molecule has 0 aliphatic carbocycles. The van der Waals surface area contributed by atoms with Crippen LogP contribution in [0.2, 0.25) is 0 Å². The van der Waals surface area contributed by atoms with E-state index in [0.29, 0.717) is 31.2 Å². The van der Waals surface area contributed by atoms with Crippen LogP contribution in [0.1, 0.15) is 48.9 Å². The number of amides is 3. The van der Waals surface area contributed by atoms with E-state index in [-0.39, 0.29) is 35.8 Å². The highest BCUT2D eigenvalue weighted by Crippen LogP contribution is 2.39. The fourth-order valence-corrected chi connectivity index (χ4v) is 4.34. The summed E-state index contributed by atoms with van der Waals surface area (Å²) in [6, 6.07) is 3.70. The number of pyridine rings is 1. The second-order valence-corrected chi connectivity index (χ2v) is 6.62. The Hall–Kier alpha value is -2.24. The lowest BCUT2D eigenvalue weighted by Crippen LogP contribution is -2.53. The van der Waals surface area contributed by atoms with E-state index < -0.39 is 0 Å². The molecule has 2 atom stereocenters. The molecule has 2 unspecified atom stereocenters. The molecule has 3 saturated heterocycles. The zero-order chi connectivity index (χ0) is 16.0. The third kappa shape index (κ3) is 2.33. The van der Waals surface area contributed by atoms with Gasteiger partial charge >= 0.3 is 0 Å². The van der Waals surface area contributed by atoms with Crippen molar-refractivity contribution in [1.29, 1.82) is 0 Å². The summed E-state index contributed by atoms with van der Waals surface area (Å²) in [5, 5.41) is 0. The molecule has 3 fully saturated rings. The predicted molar refractivity (Wildman–Crippen MR) is 81.3 cm³/mol. The van der Waals surface area contributed by atoms with E-state index in [1.54, 1.807) is 24.5 Å². The van der Waals surface area contributed by atoms with Gasteiger partial charge in [0.2, 0.25) is 11.8 Å². The van der Waals surface area contributed by atoms with Gasteiger partial charge in [0.25, 0.3) is 5.91 Å². The highest BCUT2D eigenvalue weighted by molar-refractivity contribution is 6.02. The van der Waals surface area contributed by atoms with Crippen molar-refractivity contribution in [3.05, 3.63) is 30.1 Å². The highest BCUT2D eigenvalue weighted by atomic mass is 16.2. The molecule has 0 N–H and O–H groups in total. The summed E-state index contributed by atoms with van der Waals surface area (Å²) in [4.78, 5) is 44.1. The van der Waals surface area contributed by atoms with Gasteiger partial charge in [-0.3, -0.25) is 24.3 Å². The van der Waals surface area contributed by atoms with Gasteiger partial charge in [-0.2, -0.15) is 0 Å². The quantitative estimate of drug-likeness (QED) is 0.773. The number of hydrogen-bond donors (Lipinski definition) is 0.